The average molecular weight is 284 g/mol. The summed E-state index contributed by atoms with van der Waals surface area (Å²) < 4.78 is 0. The SMILES string of the molecule is CCCCc1cc(Cc2cc(C)cc(C)c2)c(N)c(=O)[nH]1. The topological polar surface area (TPSA) is 58.9 Å². The van der Waals surface area contributed by atoms with Gasteiger partial charge < -0.3 is 10.7 Å². The number of hydrogen-bond acceptors (Lipinski definition) is 2. The van der Waals surface area contributed by atoms with Crippen LogP contribution in [0.3, 0.4) is 0 Å². The van der Waals surface area contributed by atoms with E-state index in [4.69, 9.17) is 5.73 Å². The highest BCUT2D eigenvalue weighted by Gasteiger charge is 2.08. The minimum absolute atomic E-state index is 0.164. The summed E-state index contributed by atoms with van der Waals surface area (Å²) in [4.78, 5) is 14.8. The minimum Gasteiger partial charge on any atom is -0.394 e. The Morgan fingerprint density at radius 3 is 2.38 bits per heavy atom. The van der Waals surface area contributed by atoms with Gasteiger partial charge in [-0.25, -0.2) is 0 Å². The van der Waals surface area contributed by atoms with Gasteiger partial charge in [0.05, 0.1) is 0 Å². The molecule has 1 aromatic carbocycles. The van der Waals surface area contributed by atoms with E-state index in [2.05, 4.69) is 44.0 Å². The number of nitrogen functional groups attached to an aromatic ring is 1. The lowest BCUT2D eigenvalue weighted by molar-refractivity contribution is 0.772. The van der Waals surface area contributed by atoms with Crippen LogP contribution in [0.4, 0.5) is 5.69 Å². The van der Waals surface area contributed by atoms with Crippen molar-refractivity contribution >= 4 is 5.69 Å². The molecule has 0 unspecified atom stereocenters. The second-order valence-corrected chi connectivity index (χ2v) is 5.84. The Kier molecular flexibility index (Phi) is 4.84. The molecule has 112 valence electrons. The molecule has 0 bridgehead atoms. The summed E-state index contributed by atoms with van der Waals surface area (Å²) >= 11 is 0. The van der Waals surface area contributed by atoms with Gasteiger partial charge in [-0.2, -0.15) is 0 Å². The van der Waals surface area contributed by atoms with Crippen LogP contribution in [0.25, 0.3) is 0 Å². The van der Waals surface area contributed by atoms with Crippen molar-refractivity contribution in [1.29, 1.82) is 0 Å². The first-order chi connectivity index (χ1) is 9.99. The van der Waals surface area contributed by atoms with Gasteiger partial charge in [-0.3, -0.25) is 4.79 Å². The van der Waals surface area contributed by atoms with E-state index >= 15 is 0 Å². The molecule has 0 fully saturated rings. The highest BCUT2D eigenvalue weighted by molar-refractivity contribution is 5.48. The third kappa shape index (κ3) is 3.97. The predicted molar refractivity (Wildman–Crippen MR) is 88.8 cm³/mol. The molecule has 0 amide bonds. The van der Waals surface area contributed by atoms with Gasteiger partial charge >= 0.3 is 0 Å². The average Bonchev–Trinajstić information content (AvgIpc) is 2.40. The molecule has 0 aliphatic rings. The van der Waals surface area contributed by atoms with Gasteiger partial charge in [0.25, 0.3) is 5.56 Å². The quantitative estimate of drug-likeness (QED) is 0.882. The summed E-state index contributed by atoms with van der Waals surface area (Å²) in [5.74, 6) is 0. The van der Waals surface area contributed by atoms with Gasteiger partial charge in [-0.1, -0.05) is 42.7 Å². The normalized spacial score (nSPS) is 10.8. The molecular weight excluding hydrogens is 260 g/mol. The summed E-state index contributed by atoms with van der Waals surface area (Å²) in [6.07, 6.45) is 3.78. The van der Waals surface area contributed by atoms with E-state index in [-0.39, 0.29) is 5.56 Å². The fraction of sp³-hybridized carbons (Fsp3) is 0.389. The molecule has 0 aliphatic carbocycles. The maximum absolute atomic E-state index is 12.0. The zero-order valence-corrected chi connectivity index (χ0v) is 13.1. The summed E-state index contributed by atoms with van der Waals surface area (Å²) in [6, 6.07) is 8.50. The molecule has 2 rings (SSSR count). The largest absolute Gasteiger partial charge is 0.394 e. The Morgan fingerprint density at radius 2 is 1.76 bits per heavy atom. The fourth-order valence-corrected chi connectivity index (χ4v) is 2.72. The molecule has 0 atom stereocenters. The molecule has 3 nitrogen and oxygen atoms in total. The van der Waals surface area contributed by atoms with Crippen LogP contribution < -0.4 is 11.3 Å². The van der Waals surface area contributed by atoms with Gasteiger partial charge in [0.2, 0.25) is 0 Å². The second kappa shape index (κ2) is 6.61. The summed E-state index contributed by atoms with van der Waals surface area (Å²) in [5.41, 5.74) is 11.7. The van der Waals surface area contributed by atoms with Crippen molar-refractivity contribution in [2.75, 3.05) is 5.73 Å². The third-order valence-electron chi connectivity index (χ3n) is 3.69. The Bertz CT molecular complexity index is 666. The Labute approximate surface area is 126 Å². The lowest BCUT2D eigenvalue weighted by Crippen LogP contribution is -2.17. The first-order valence-corrected chi connectivity index (χ1v) is 7.57. The predicted octanol–water partition coefficient (Wildman–Crippen LogP) is 3.51. The fourth-order valence-electron chi connectivity index (χ4n) is 2.72. The third-order valence-corrected chi connectivity index (χ3v) is 3.69. The second-order valence-electron chi connectivity index (χ2n) is 5.84. The van der Waals surface area contributed by atoms with Crippen molar-refractivity contribution in [3.63, 3.8) is 0 Å². The number of benzene rings is 1. The van der Waals surface area contributed by atoms with Crippen molar-refractivity contribution in [3.8, 4) is 0 Å². The van der Waals surface area contributed by atoms with Crippen LogP contribution in [-0.2, 0) is 12.8 Å². The number of aromatic amines is 1. The number of nitrogens with two attached hydrogens (primary N) is 1. The summed E-state index contributed by atoms with van der Waals surface area (Å²) in [7, 11) is 0. The van der Waals surface area contributed by atoms with Crippen LogP contribution in [0.5, 0.6) is 0 Å². The Morgan fingerprint density at radius 1 is 1.10 bits per heavy atom. The van der Waals surface area contributed by atoms with Crippen LogP contribution >= 0.6 is 0 Å². The van der Waals surface area contributed by atoms with Crippen molar-refractivity contribution in [3.05, 3.63) is 62.6 Å². The molecule has 0 aliphatic heterocycles. The van der Waals surface area contributed by atoms with E-state index in [9.17, 15) is 4.79 Å². The summed E-state index contributed by atoms with van der Waals surface area (Å²) in [6.45, 7) is 6.32. The Hall–Kier alpha value is -2.03. The van der Waals surface area contributed by atoms with Crippen molar-refractivity contribution in [2.45, 2.75) is 46.5 Å². The van der Waals surface area contributed by atoms with Crippen LogP contribution in [0.2, 0.25) is 0 Å². The number of unbranched alkanes of at least 4 members (excludes halogenated alkanes) is 1. The molecule has 1 aromatic heterocycles. The molecule has 1 heterocycles. The maximum atomic E-state index is 12.0. The van der Waals surface area contributed by atoms with E-state index in [1.54, 1.807) is 0 Å². The van der Waals surface area contributed by atoms with Crippen molar-refractivity contribution < 1.29 is 0 Å². The first-order valence-electron chi connectivity index (χ1n) is 7.57. The van der Waals surface area contributed by atoms with Crippen molar-refractivity contribution in [2.24, 2.45) is 0 Å². The Balaban J connectivity index is 2.34. The smallest absolute Gasteiger partial charge is 0.271 e. The van der Waals surface area contributed by atoms with E-state index < -0.39 is 0 Å². The molecule has 3 heteroatoms. The molecule has 0 saturated heterocycles. The number of aryl methyl sites for hydroxylation is 3. The molecule has 21 heavy (non-hydrogen) atoms. The zero-order valence-electron chi connectivity index (χ0n) is 13.1. The molecule has 3 N–H and O–H groups in total. The summed E-state index contributed by atoms with van der Waals surface area (Å²) in [5, 5.41) is 0. The number of rotatable bonds is 5. The van der Waals surface area contributed by atoms with E-state index in [0.29, 0.717) is 12.1 Å². The van der Waals surface area contributed by atoms with Crippen LogP contribution in [0, 0.1) is 13.8 Å². The molecule has 0 saturated carbocycles. The standard InChI is InChI=1S/C18H24N2O/c1-4-5-6-16-11-15(17(19)18(21)20-16)10-14-8-12(2)7-13(3)9-14/h7-9,11H,4-6,10,19H2,1-3H3,(H,20,21). The number of anilines is 1. The number of H-pyrrole nitrogens is 1. The minimum atomic E-state index is -0.164. The van der Waals surface area contributed by atoms with Crippen molar-refractivity contribution in [1.82, 2.24) is 4.98 Å². The maximum Gasteiger partial charge on any atom is 0.271 e. The molecular formula is C18H24N2O. The highest BCUT2D eigenvalue weighted by atomic mass is 16.1. The molecule has 0 radical (unpaired) electrons. The molecule has 0 spiro atoms. The van der Waals surface area contributed by atoms with Crippen LogP contribution in [-0.4, -0.2) is 4.98 Å². The number of hydrogen-bond donors (Lipinski definition) is 2. The number of pyridine rings is 1. The van der Waals surface area contributed by atoms with Crippen LogP contribution in [0.15, 0.2) is 29.1 Å². The zero-order chi connectivity index (χ0) is 15.4. The van der Waals surface area contributed by atoms with Gasteiger partial charge in [-0.15, -0.1) is 0 Å². The van der Waals surface area contributed by atoms with Gasteiger partial charge in [-0.05, 0) is 50.3 Å². The van der Waals surface area contributed by atoms with Gasteiger partial charge in [0.1, 0.15) is 5.69 Å². The number of aromatic nitrogens is 1. The number of nitrogens with one attached hydrogen (secondary N) is 1. The van der Waals surface area contributed by atoms with Crippen LogP contribution in [0.1, 0.15) is 47.7 Å². The van der Waals surface area contributed by atoms with E-state index in [0.717, 1.165) is 30.5 Å². The van der Waals surface area contributed by atoms with E-state index in [1.165, 1.54) is 16.7 Å². The lowest BCUT2D eigenvalue weighted by Gasteiger charge is -2.10. The van der Waals surface area contributed by atoms with Gasteiger partial charge in [0.15, 0.2) is 0 Å². The van der Waals surface area contributed by atoms with E-state index in [1.807, 2.05) is 6.07 Å². The molecule has 2 aromatic rings. The lowest BCUT2D eigenvalue weighted by atomic mass is 9.99. The van der Waals surface area contributed by atoms with Gasteiger partial charge in [0, 0.05) is 5.69 Å². The monoisotopic (exact) mass is 284 g/mol. The highest BCUT2D eigenvalue weighted by Crippen LogP contribution is 2.17. The first kappa shape index (κ1) is 15.4.